The molecule has 108 valence electrons. The molecule has 19 heavy (non-hydrogen) atoms. The summed E-state index contributed by atoms with van der Waals surface area (Å²) >= 11 is 1.61. The molecule has 2 rings (SSSR count). The van der Waals surface area contributed by atoms with Crippen LogP contribution in [0.3, 0.4) is 0 Å². The van der Waals surface area contributed by atoms with Crippen molar-refractivity contribution >= 4 is 22.8 Å². The van der Waals surface area contributed by atoms with Gasteiger partial charge in [-0.1, -0.05) is 38.5 Å². The molecule has 2 aliphatic rings. The molecule has 0 bridgehead atoms. The third kappa shape index (κ3) is 4.49. The van der Waals surface area contributed by atoms with Crippen molar-refractivity contribution in [1.29, 1.82) is 0 Å². The second kappa shape index (κ2) is 7.29. The lowest BCUT2D eigenvalue weighted by atomic mass is 9.88. The first-order chi connectivity index (χ1) is 9.19. The Morgan fingerprint density at radius 1 is 1.58 bits per heavy atom. The summed E-state index contributed by atoms with van der Waals surface area (Å²) in [5.74, 6) is 1.65. The third-order valence-electron chi connectivity index (χ3n) is 3.72. The Bertz CT molecular complexity index is 346. The lowest BCUT2D eigenvalue weighted by Gasteiger charge is -2.29. The molecule has 0 radical (unpaired) electrons. The van der Waals surface area contributed by atoms with Gasteiger partial charge in [0.25, 0.3) is 5.91 Å². The number of hydrogen-bond acceptors (Lipinski definition) is 4. The molecule has 4 nitrogen and oxygen atoms in total. The molecule has 1 saturated carbocycles. The highest BCUT2D eigenvalue weighted by molar-refractivity contribution is 8.14. The summed E-state index contributed by atoms with van der Waals surface area (Å²) in [5, 5.41) is 3.63. The number of amidine groups is 1. The Morgan fingerprint density at radius 3 is 3.05 bits per heavy atom. The Kier molecular flexibility index (Phi) is 5.70. The molecule has 0 aromatic rings. The summed E-state index contributed by atoms with van der Waals surface area (Å²) in [6.07, 6.45) is 5.30. The van der Waals surface area contributed by atoms with Crippen molar-refractivity contribution in [2.45, 2.75) is 58.2 Å². The van der Waals surface area contributed by atoms with Gasteiger partial charge in [-0.3, -0.25) is 9.79 Å². The summed E-state index contributed by atoms with van der Waals surface area (Å²) < 4.78 is 6.01. The molecule has 5 heteroatoms. The summed E-state index contributed by atoms with van der Waals surface area (Å²) in [6, 6.07) is 0. The number of nitrogens with zero attached hydrogens (tertiary/aromatic N) is 1. The number of ether oxygens (including phenoxy) is 1. The lowest BCUT2D eigenvalue weighted by Crippen LogP contribution is -2.41. The van der Waals surface area contributed by atoms with Crippen molar-refractivity contribution < 1.29 is 9.53 Å². The van der Waals surface area contributed by atoms with Crippen LogP contribution in [0, 0.1) is 5.92 Å². The van der Waals surface area contributed by atoms with Crippen molar-refractivity contribution in [2.75, 3.05) is 12.3 Å². The molecule has 1 N–H and O–H groups in total. The lowest BCUT2D eigenvalue weighted by molar-refractivity contribution is -0.137. The van der Waals surface area contributed by atoms with Gasteiger partial charge >= 0.3 is 0 Å². The molecule has 1 heterocycles. The standard InChI is InChI=1S/C14H24N2O2S/c1-3-12(13(17)16-14-15-7-8-19-14)18-11-6-4-5-10(2)9-11/h10-12H,3-9H2,1-2H3,(H,15,16,17)/t10?,11-,12?/m0/s1. The Labute approximate surface area is 119 Å². The van der Waals surface area contributed by atoms with Gasteiger partial charge in [0.05, 0.1) is 12.6 Å². The van der Waals surface area contributed by atoms with E-state index in [1.807, 2.05) is 6.92 Å². The van der Waals surface area contributed by atoms with Crippen LogP contribution in [0.2, 0.25) is 0 Å². The highest BCUT2D eigenvalue weighted by Crippen LogP contribution is 2.27. The van der Waals surface area contributed by atoms with E-state index in [1.165, 1.54) is 12.8 Å². The number of hydrogen-bond donors (Lipinski definition) is 1. The zero-order valence-corrected chi connectivity index (χ0v) is 12.7. The van der Waals surface area contributed by atoms with Gasteiger partial charge < -0.3 is 10.1 Å². The Balaban J connectivity index is 1.82. The molecule has 1 fully saturated rings. The Morgan fingerprint density at radius 2 is 2.42 bits per heavy atom. The molecule has 0 spiro atoms. The van der Waals surface area contributed by atoms with Gasteiger partial charge in [-0.15, -0.1) is 0 Å². The van der Waals surface area contributed by atoms with Crippen LogP contribution in [-0.2, 0) is 9.53 Å². The highest BCUT2D eigenvalue weighted by Gasteiger charge is 2.26. The average molecular weight is 284 g/mol. The van der Waals surface area contributed by atoms with E-state index >= 15 is 0 Å². The molecule has 3 atom stereocenters. The molecular weight excluding hydrogens is 260 g/mol. The summed E-state index contributed by atoms with van der Waals surface area (Å²) in [6.45, 7) is 5.07. The van der Waals surface area contributed by atoms with Gasteiger partial charge in [-0.25, -0.2) is 0 Å². The fourth-order valence-electron chi connectivity index (χ4n) is 2.67. The average Bonchev–Trinajstić information content (AvgIpc) is 2.88. The van der Waals surface area contributed by atoms with Crippen LogP contribution in [0.5, 0.6) is 0 Å². The van der Waals surface area contributed by atoms with Crippen molar-refractivity contribution in [3.05, 3.63) is 0 Å². The van der Waals surface area contributed by atoms with Gasteiger partial charge in [0.15, 0.2) is 5.17 Å². The second-order valence-corrected chi connectivity index (χ2v) is 6.53. The van der Waals surface area contributed by atoms with Gasteiger partial charge in [-0.05, 0) is 25.2 Å². The number of rotatable bonds is 4. The van der Waals surface area contributed by atoms with Crippen LogP contribution in [-0.4, -0.2) is 35.6 Å². The van der Waals surface area contributed by atoms with Gasteiger partial charge in [0.1, 0.15) is 6.10 Å². The van der Waals surface area contributed by atoms with Crippen LogP contribution in [0.25, 0.3) is 0 Å². The number of nitrogens with one attached hydrogen (secondary N) is 1. The van der Waals surface area contributed by atoms with Crippen LogP contribution >= 0.6 is 11.8 Å². The highest BCUT2D eigenvalue weighted by atomic mass is 32.2. The van der Waals surface area contributed by atoms with E-state index in [9.17, 15) is 4.79 Å². The van der Waals surface area contributed by atoms with Crippen LogP contribution in [0.15, 0.2) is 4.99 Å². The van der Waals surface area contributed by atoms with E-state index in [4.69, 9.17) is 4.74 Å². The van der Waals surface area contributed by atoms with Gasteiger partial charge in [0.2, 0.25) is 0 Å². The van der Waals surface area contributed by atoms with Crippen molar-refractivity contribution in [2.24, 2.45) is 10.9 Å². The predicted molar refractivity (Wildman–Crippen MR) is 79.5 cm³/mol. The zero-order valence-electron chi connectivity index (χ0n) is 11.9. The van der Waals surface area contributed by atoms with Crippen LogP contribution in [0.1, 0.15) is 46.0 Å². The minimum atomic E-state index is -0.334. The fourth-order valence-corrected chi connectivity index (χ4v) is 3.41. The normalized spacial score (nSPS) is 28.8. The maximum Gasteiger partial charge on any atom is 0.255 e. The number of amides is 1. The van der Waals surface area contributed by atoms with Crippen molar-refractivity contribution in [3.8, 4) is 0 Å². The molecule has 1 amide bonds. The molecular formula is C14H24N2O2S. The van der Waals surface area contributed by atoms with E-state index in [0.29, 0.717) is 12.3 Å². The van der Waals surface area contributed by atoms with Gasteiger partial charge in [-0.2, -0.15) is 0 Å². The monoisotopic (exact) mass is 284 g/mol. The SMILES string of the molecule is CCC(O[C@H]1CCCC(C)C1)C(=O)NC1=NCCS1. The maximum absolute atomic E-state index is 12.2. The predicted octanol–water partition coefficient (Wildman–Crippen LogP) is 2.58. The van der Waals surface area contributed by atoms with E-state index in [-0.39, 0.29) is 18.1 Å². The topological polar surface area (TPSA) is 50.7 Å². The van der Waals surface area contributed by atoms with Crippen molar-refractivity contribution in [1.82, 2.24) is 5.32 Å². The van der Waals surface area contributed by atoms with E-state index in [2.05, 4.69) is 17.2 Å². The minimum Gasteiger partial charge on any atom is -0.365 e. The third-order valence-corrected chi connectivity index (χ3v) is 4.62. The summed E-state index contributed by atoms with van der Waals surface area (Å²) in [4.78, 5) is 16.4. The van der Waals surface area contributed by atoms with Crippen LogP contribution < -0.4 is 5.32 Å². The molecule has 0 aromatic heterocycles. The Hall–Kier alpha value is -0.550. The quantitative estimate of drug-likeness (QED) is 0.863. The van der Waals surface area contributed by atoms with Gasteiger partial charge in [0, 0.05) is 5.75 Å². The molecule has 1 aliphatic carbocycles. The maximum atomic E-state index is 12.2. The minimum absolute atomic E-state index is 0.0334. The number of thioether (sulfide) groups is 1. The van der Waals surface area contributed by atoms with E-state index < -0.39 is 0 Å². The molecule has 0 saturated heterocycles. The van der Waals surface area contributed by atoms with Crippen LogP contribution in [0.4, 0.5) is 0 Å². The zero-order chi connectivity index (χ0) is 13.7. The molecule has 2 unspecified atom stereocenters. The molecule has 1 aliphatic heterocycles. The summed E-state index contributed by atoms with van der Waals surface area (Å²) in [7, 11) is 0. The van der Waals surface area contributed by atoms with E-state index in [0.717, 1.165) is 30.3 Å². The second-order valence-electron chi connectivity index (χ2n) is 5.45. The van der Waals surface area contributed by atoms with Crippen molar-refractivity contribution in [3.63, 3.8) is 0 Å². The number of carbonyl (C=O) groups excluding carboxylic acids is 1. The first kappa shape index (κ1) is 14.9. The number of carbonyl (C=O) groups is 1. The molecule has 0 aromatic carbocycles. The number of aliphatic imine (C=N–C) groups is 1. The summed E-state index contributed by atoms with van der Waals surface area (Å²) in [5.41, 5.74) is 0. The first-order valence-electron chi connectivity index (χ1n) is 7.32. The van der Waals surface area contributed by atoms with E-state index in [1.54, 1.807) is 11.8 Å². The first-order valence-corrected chi connectivity index (χ1v) is 8.31. The smallest absolute Gasteiger partial charge is 0.255 e. The fraction of sp³-hybridized carbons (Fsp3) is 0.857. The largest absolute Gasteiger partial charge is 0.365 e.